The van der Waals surface area contributed by atoms with Gasteiger partial charge in [-0.2, -0.15) is 9.47 Å². The molecule has 0 saturated carbocycles. The number of aryl methyl sites for hydroxylation is 1. The minimum atomic E-state index is -0.0483. The molecule has 1 N–H and O–H groups in total. The van der Waals surface area contributed by atoms with Gasteiger partial charge in [0.25, 0.3) is 0 Å². The normalized spacial score (nSPS) is 11.8. The summed E-state index contributed by atoms with van der Waals surface area (Å²) in [5, 5.41) is 7.99. The smallest absolute Gasteiger partial charge is 0.229 e. The van der Waals surface area contributed by atoms with E-state index in [4.69, 9.17) is 0 Å². The van der Waals surface area contributed by atoms with Crippen LogP contribution in [0.4, 0.5) is 5.00 Å². The van der Waals surface area contributed by atoms with E-state index in [1.807, 2.05) is 56.1 Å². The van der Waals surface area contributed by atoms with Gasteiger partial charge in [-0.15, -0.1) is 0 Å². The molecular formula is C26H26N6OS. The Labute approximate surface area is 202 Å². The van der Waals surface area contributed by atoms with Crippen LogP contribution in [0.25, 0.3) is 27.8 Å². The number of amides is 1. The van der Waals surface area contributed by atoms with Gasteiger partial charge in [0.05, 0.1) is 29.3 Å². The second-order valence-corrected chi connectivity index (χ2v) is 10.2. The predicted octanol–water partition coefficient (Wildman–Crippen LogP) is 5.36. The fourth-order valence-corrected chi connectivity index (χ4v) is 4.64. The first-order valence-corrected chi connectivity index (χ1v) is 11.9. The van der Waals surface area contributed by atoms with Crippen LogP contribution < -0.4 is 5.32 Å². The summed E-state index contributed by atoms with van der Waals surface area (Å²) < 4.78 is 8.30. The van der Waals surface area contributed by atoms with Gasteiger partial charge in [-0.05, 0) is 53.0 Å². The van der Waals surface area contributed by atoms with Gasteiger partial charge < -0.3 is 5.32 Å². The van der Waals surface area contributed by atoms with Crippen molar-refractivity contribution in [1.82, 2.24) is 23.7 Å². The van der Waals surface area contributed by atoms with Gasteiger partial charge in [-0.25, -0.2) is 4.98 Å². The molecule has 8 heteroatoms. The molecule has 0 unspecified atom stereocenters. The number of rotatable bonds is 5. The third kappa shape index (κ3) is 4.49. The summed E-state index contributed by atoms with van der Waals surface area (Å²) in [7, 11) is 1.91. The maximum atomic E-state index is 12.5. The molecule has 3 heterocycles. The number of nitrogens with one attached hydrogen (secondary N) is 1. The maximum absolute atomic E-state index is 12.5. The van der Waals surface area contributed by atoms with E-state index in [1.54, 1.807) is 4.68 Å². The summed E-state index contributed by atoms with van der Waals surface area (Å²) in [4.78, 5) is 17.1. The van der Waals surface area contributed by atoms with E-state index in [0.29, 0.717) is 6.42 Å². The number of fused-ring (bicyclic) bond motifs is 1. The van der Waals surface area contributed by atoms with Crippen LogP contribution in [-0.4, -0.2) is 29.6 Å². The maximum Gasteiger partial charge on any atom is 0.229 e. The lowest BCUT2D eigenvalue weighted by Crippen LogP contribution is -2.14. The highest BCUT2D eigenvalue weighted by molar-refractivity contribution is 7.10. The summed E-state index contributed by atoms with van der Waals surface area (Å²) in [5.74, 6) is -0.0483. The molecule has 0 aliphatic rings. The number of aromatic nitrogens is 5. The van der Waals surface area contributed by atoms with Crippen LogP contribution in [0.3, 0.4) is 0 Å². The zero-order valence-corrected chi connectivity index (χ0v) is 20.4. The summed E-state index contributed by atoms with van der Waals surface area (Å²) in [6, 6.07) is 16.2. The van der Waals surface area contributed by atoms with Crippen molar-refractivity contribution in [1.29, 1.82) is 0 Å². The van der Waals surface area contributed by atoms with Crippen molar-refractivity contribution >= 4 is 33.5 Å². The highest BCUT2D eigenvalue weighted by atomic mass is 32.1. The molecule has 0 saturated heterocycles. The zero-order chi connectivity index (χ0) is 23.9. The Morgan fingerprint density at radius 2 is 1.85 bits per heavy atom. The molecule has 0 aliphatic carbocycles. The molecule has 0 atom stereocenters. The van der Waals surface area contributed by atoms with Crippen LogP contribution in [0.15, 0.2) is 67.3 Å². The number of nitrogens with zero attached hydrogens (tertiary/aromatic N) is 5. The van der Waals surface area contributed by atoms with Crippen molar-refractivity contribution in [2.24, 2.45) is 7.05 Å². The molecule has 3 aromatic heterocycles. The molecular weight excluding hydrogens is 444 g/mol. The highest BCUT2D eigenvalue weighted by Crippen LogP contribution is 2.27. The Hall–Kier alpha value is -3.78. The largest absolute Gasteiger partial charge is 0.316 e. The van der Waals surface area contributed by atoms with E-state index in [2.05, 4.69) is 63.3 Å². The van der Waals surface area contributed by atoms with Crippen LogP contribution >= 0.6 is 11.5 Å². The van der Waals surface area contributed by atoms with Crippen molar-refractivity contribution in [3.05, 3.63) is 78.5 Å². The lowest BCUT2D eigenvalue weighted by atomic mass is 9.92. The van der Waals surface area contributed by atoms with Gasteiger partial charge in [0.2, 0.25) is 5.91 Å². The minimum absolute atomic E-state index is 0.0346. The Kier molecular flexibility index (Phi) is 5.53. The van der Waals surface area contributed by atoms with Gasteiger partial charge in [0, 0.05) is 29.9 Å². The van der Waals surface area contributed by atoms with Crippen molar-refractivity contribution in [3.63, 3.8) is 0 Å². The van der Waals surface area contributed by atoms with E-state index in [0.717, 1.165) is 44.1 Å². The minimum Gasteiger partial charge on any atom is -0.316 e. The molecule has 0 bridgehead atoms. The fraction of sp³-hybridized carbons (Fsp3) is 0.231. The van der Waals surface area contributed by atoms with Crippen LogP contribution in [0.1, 0.15) is 32.0 Å². The SMILES string of the molecule is Cn1cc(-c2ccc3c(c2)ncn3-c2ccc(CC(=O)Nc3cc(C(C)(C)C)ns3)cc2)cn1. The molecule has 5 aromatic rings. The van der Waals surface area contributed by atoms with E-state index < -0.39 is 0 Å². The Bertz CT molecular complexity index is 1470. The lowest BCUT2D eigenvalue weighted by Gasteiger charge is -2.13. The molecule has 0 fully saturated rings. The monoisotopic (exact) mass is 470 g/mol. The summed E-state index contributed by atoms with van der Waals surface area (Å²) in [5.41, 5.74) is 6.99. The predicted molar refractivity (Wildman–Crippen MR) is 136 cm³/mol. The molecule has 0 aliphatic heterocycles. The van der Waals surface area contributed by atoms with Crippen molar-refractivity contribution in [2.45, 2.75) is 32.6 Å². The van der Waals surface area contributed by atoms with Gasteiger partial charge in [-0.3, -0.25) is 14.0 Å². The topological polar surface area (TPSA) is 77.6 Å². The van der Waals surface area contributed by atoms with E-state index in [-0.39, 0.29) is 11.3 Å². The fourth-order valence-electron chi connectivity index (χ4n) is 3.80. The number of carbonyl (C=O) groups excluding carboxylic acids is 1. The van der Waals surface area contributed by atoms with Crippen LogP contribution in [0.5, 0.6) is 0 Å². The molecule has 1 amide bonds. The number of carbonyl (C=O) groups is 1. The van der Waals surface area contributed by atoms with Crippen LogP contribution in [-0.2, 0) is 23.7 Å². The zero-order valence-electron chi connectivity index (χ0n) is 19.6. The van der Waals surface area contributed by atoms with Gasteiger partial charge in [-0.1, -0.05) is 39.0 Å². The second-order valence-electron chi connectivity index (χ2n) is 9.44. The molecule has 2 aromatic carbocycles. The van der Waals surface area contributed by atoms with Crippen LogP contribution in [0, 0.1) is 0 Å². The molecule has 0 radical (unpaired) electrons. The quantitative estimate of drug-likeness (QED) is 0.375. The number of benzene rings is 2. The molecule has 172 valence electrons. The van der Waals surface area contributed by atoms with Crippen molar-refractivity contribution in [2.75, 3.05) is 5.32 Å². The van der Waals surface area contributed by atoms with Crippen molar-refractivity contribution in [3.8, 4) is 16.8 Å². The first-order valence-electron chi connectivity index (χ1n) is 11.1. The van der Waals surface area contributed by atoms with E-state index >= 15 is 0 Å². The highest BCUT2D eigenvalue weighted by Gasteiger charge is 2.18. The Balaban J connectivity index is 1.29. The van der Waals surface area contributed by atoms with E-state index in [1.165, 1.54) is 11.5 Å². The number of anilines is 1. The summed E-state index contributed by atoms with van der Waals surface area (Å²) in [6.07, 6.45) is 5.98. The molecule has 5 rings (SSSR count). The van der Waals surface area contributed by atoms with Gasteiger partial charge in [0.15, 0.2) is 0 Å². The summed E-state index contributed by atoms with van der Waals surface area (Å²) in [6.45, 7) is 6.33. The number of hydrogen-bond acceptors (Lipinski definition) is 5. The van der Waals surface area contributed by atoms with E-state index in [9.17, 15) is 4.79 Å². The average molecular weight is 471 g/mol. The van der Waals surface area contributed by atoms with Gasteiger partial charge >= 0.3 is 0 Å². The second kappa shape index (κ2) is 8.53. The first kappa shape index (κ1) is 22.0. The standard InChI is InChI=1S/C26H26N6OS/c1-26(2,3)23-13-25(34-30-23)29-24(33)11-17-5-8-20(9-6-17)32-16-27-21-12-18(7-10-22(21)32)19-14-28-31(4)15-19/h5-10,12-16H,11H2,1-4H3,(H,29,33). The molecule has 7 nitrogen and oxygen atoms in total. The van der Waals surface area contributed by atoms with Gasteiger partial charge in [0.1, 0.15) is 11.3 Å². The molecule has 34 heavy (non-hydrogen) atoms. The third-order valence-corrected chi connectivity index (χ3v) is 6.41. The number of hydrogen-bond donors (Lipinski definition) is 1. The lowest BCUT2D eigenvalue weighted by molar-refractivity contribution is -0.115. The van der Waals surface area contributed by atoms with Crippen LogP contribution in [0.2, 0.25) is 0 Å². The Morgan fingerprint density at radius 1 is 1.06 bits per heavy atom. The average Bonchev–Trinajstić information content (AvgIpc) is 3.53. The first-order chi connectivity index (χ1) is 16.3. The third-order valence-electron chi connectivity index (χ3n) is 5.71. The number of imidazole rings is 1. The summed E-state index contributed by atoms with van der Waals surface area (Å²) >= 11 is 1.32. The van der Waals surface area contributed by atoms with Crippen molar-refractivity contribution < 1.29 is 4.79 Å². The molecule has 0 spiro atoms. The Morgan fingerprint density at radius 3 is 2.53 bits per heavy atom.